The van der Waals surface area contributed by atoms with Crippen LogP contribution in [0.1, 0.15) is 25.0 Å². The van der Waals surface area contributed by atoms with E-state index in [-0.39, 0.29) is 5.41 Å². The molecule has 1 aliphatic rings. The smallest absolute Gasteiger partial charge is 0.0165 e. The van der Waals surface area contributed by atoms with Crippen molar-refractivity contribution in [3.8, 4) is 55.6 Å². The van der Waals surface area contributed by atoms with Crippen molar-refractivity contribution in [2.45, 2.75) is 19.3 Å². The summed E-state index contributed by atoms with van der Waals surface area (Å²) in [7, 11) is 0. The molecule has 0 amide bonds. The summed E-state index contributed by atoms with van der Waals surface area (Å²) in [5, 5.41) is 10.2. The second-order valence-corrected chi connectivity index (χ2v) is 15.6. The van der Waals surface area contributed by atoms with Gasteiger partial charge in [-0.15, -0.1) is 0 Å². The zero-order valence-corrected chi connectivity index (χ0v) is 31.0. The summed E-state index contributed by atoms with van der Waals surface area (Å²) in [6.45, 7) is 4.79. The van der Waals surface area contributed by atoms with Crippen LogP contribution in [0.2, 0.25) is 0 Å². The Morgan fingerprint density at radius 3 is 1.45 bits per heavy atom. The molecule has 258 valence electrons. The van der Waals surface area contributed by atoms with Crippen molar-refractivity contribution in [1.82, 2.24) is 0 Å². The molecule has 1 aliphatic carbocycles. The third-order valence-electron chi connectivity index (χ3n) is 12.2. The minimum atomic E-state index is -0.133. The molecule has 0 heteroatoms. The molecule has 0 saturated carbocycles. The summed E-state index contributed by atoms with van der Waals surface area (Å²) in [5.41, 5.74) is 15.5. The van der Waals surface area contributed by atoms with Crippen molar-refractivity contribution in [3.05, 3.63) is 205 Å². The van der Waals surface area contributed by atoms with Crippen LogP contribution in [0.4, 0.5) is 0 Å². The minimum absolute atomic E-state index is 0.133. The van der Waals surface area contributed by atoms with E-state index < -0.39 is 0 Å². The van der Waals surface area contributed by atoms with Gasteiger partial charge in [-0.1, -0.05) is 202 Å². The van der Waals surface area contributed by atoms with Gasteiger partial charge in [-0.25, -0.2) is 0 Å². The van der Waals surface area contributed by atoms with Gasteiger partial charge in [0.25, 0.3) is 0 Å². The highest BCUT2D eigenvalue weighted by molar-refractivity contribution is 6.21. The van der Waals surface area contributed by atoms with Crippen LogP contribution in [-0.4, -0.2) is 0 Å². The number of hydrogen-bond donors (Lipinski definition) is 0. The molecule has 0 aromatic heterocycles. The normalized spacial score (nSPS) is 13.1. The van der Waals surface area contributed by atoms with Crippen LogP contribution in [0, 0.1) is 0 Å². The van der Waals surface area contributed by atoms with Gasteiger partial charge in [-0.2, -0.15) is 0 Å². The molecule has 0 atom stereocenters. The second-order valence-electron chi connectivity index (χ2n) is 15.6. The van der Waals surface area contributed by atoms with Gasteiger partial charge in [0.2, 0.25) is 0 Å². The van der Waals surface area contributed by atoms with E-state index in [0.29, 0.717) is 0 Å². The molecule has 0 heterocycles. The lowest BCUT2D eigenvalue weighted by Gasteiger charge is -2.25. The summed E-state index contributed by atoms with van der Waals surface area (Å²) in [6.07, 6.45) is 0. The van der Waals surface area contributed by atoms with Crippen LogP contribution in [0.25, 0.3) is 98.7 Å². The minimum Gasteiger partial charge on any atom is -0.0616 e. The standard InChI is InChI=1S/C55H38/c1-55(2)50-33-32-36-15-4-6-20-43(36)53(50)49-27-13-26-44(54(49)55)39-17-11-18-40(34-39)52-47-23-9-7-21-45(47)51(46-22-8-10-24-48(46)52)38-30-28-37(29-31-38)42-25-12-16-35-14-3-5-19-41(35)42/h3-34H,1-2H3. The van der Waals surface area contributed by atoms with Gasteiger partial charge in [0.15, 0.2) is 0 Å². The molecular weight excluding hydrogens is 661 g/mol. The van der Waals surface area contributed by atoms with Crippen LogP contribution in [0.5, 0.6) is 0 Å². The first-order valence-corrected chi connectivity index (χ1v) is 19.4. The molecule has 0 aliphatic heterocycles. The first-order valence-electron chi connectivity index (χ1n) is 19.4. The molecule has 11 rings (SSSR count). The molecule has 10 aromatic carbocycles. The topological polar surface area (TPSA) is 0 Å². The summed E-state index contributed by atoms with van der Waals surface area (Å²) < 4.78 is 0. The average molecular weight is 699 g/mol. The van der Waals surface area contributed by atoms with Gasteiger partial charge in [0.05, 0.1) is 0 Å². The molecule has 0 saturated heterocycles. The van der Waals surface area contributed by atoms with Crippen molar-refractivity contribution < 1.29 is 0 Å². The van der Waals surface area contributed by atoms with Crippen molar-refractivity contribution in [2.24, 2.45) is 0 Å². The molecule has 0 radical (unpaired) electrons. The lowest BCUT2D eigenvalue weighted by Crippen LogP contribution is -2.16. The van der Waals surface area contributed by atoms with Crippen LogP contribution in [0.15, 0.2) is 194 Å². The Kier molecular flexibility index (Phi) is 7.00. The van der Waals surface area contributed by atoms with Gasteiger partial charge >= 0.3 is 0 Å². The largest absolute Gasteiger partial charge is 0.0616 e. The fourth-order valence-corrected chi connectivity index (χ4v) is 9.78. The highest BCUT2D eigenvalue weighted by atomic mass is 14.4. The molecule has 10 aromatic rings. The lowest BCUT2D eigenvalue weighted by molar-refractivity contribution is 0.662. The van der Waals surface area contributed by atoms with E-state index in [1.54, 1.807) is 0 Å². The number of benzene rings is 10. The Morgan fingerprint density at radius 2 is 0.764 bits per heavy atom. The highest BCUT2D eigenvalue weighted by Gasteiger charge is 2.38. The zero-order valence-electron chi connectivity index (χ0n) is 31.0. The molecule has 0 fully saturated rings. The highest BCUT2D eigenvalue weighted by Crippen LogP contribution is 2.54. The van der Waals surface area contributed by atoms with Crippen molar-refractivity contribution in [3.63, 3.8) is 0 Å². The Hall–Kier alpha value is -6.76. The second kappa shape index (κ2) is 12.1. The quantitative estimate of drug-likeness (QED) is 0.161. The van der Waals surface area contributed by atoms with Crippen LogP contribution in [-0.2, 0) is 5.41 Å². The van der Waals surface area contributed by atoms with E-state index in [1.807, 2.05) is 0 Å². The van der Waals surface area contributed by atoms with Crippen molar-refractivity contribution in [2.75, 3.05) is 0 Å². The molecule has 0 spiro atoms. The summed E-state index contributed by atoms with van der Waals surface area (Å²) in [6, 6.07) is 72.1. The molecule has 0 nitrogen and oxygen atoms in total. The first-order chi connectivity index (χ1) is 27.1. The predicted octanol–water partition coefficient (Wildman–Crippen LogP) is 15.3. The molecule has 0 bridgehead atoms. The fourth-order valence-electron chi connectivity index (χ4n) is 9.78. The van der Waals surface area contributed by atoms with Crippen LogP contribution >= 0.6 is 0 Å². The molecule has 0 N–H and O–H groups in total. The van der Waals surface area contributed by atoms with Crippen LogP contribution < -0.4 is 0 Å². The third kappa shape index (κ3) is 4.78. The third-order valence-corrected chi connectivity index (χ3v) is 12.2. The molecule has 0 unspecified atom stereocenters. The average Bonchev–Trinajstić information content (AvgIpc) is 3.49. The van der Waals surface area contributed by atoms with Gasteiger partial charge in [0.1, 0.15) is 0 Å². The van der Waals surface area contributed by atoms with Crippen molar-refractivity contribution >= 4 is 43.1 Å². The first kappa shape index (κ1) is 31.7. The maximum Gasteiger partial charge on any atom is 0.0165 e. The van der Waals surface area contributed by atoms with E-state index >= 15 is 0 Å². The van der Waals surface area contributed by atoms with E-state index in [1.165, 1.54) is 110 Å². The monoisotopic (exact) mass is 698 g/mol. The van der Waals surface area contributed by atoms with E-state index in [4.69, 9.17) is 0 Å². The summed E-state index contributed by atoms with van der Waals surface area (Å²) >= 11 is 0. The molecular formula is C55H38. The summed E-state index contributed by atoms with van der Waals surface area (Å²) in [5.74, 6) is 0. The van der Waals surface area contributed by atoms with Crippen molar-refractivity contribution in [1.29, 1.82) is 0 Å². The van der Waals surface area contributed by atoms with Crippen LogP contribution in [0.3, 0.4) is 0 Å². The van der Waals surface area contributed by atoms with Gasteiger partial charge in [-0.3, -0.25) is 0 Å². The maximum atomic E-state index is 2.43. The SMILES string of the molecule is CC1(C)c2ccc3ccccc3c2-c2cccc(-c3cccc(-c4c5ccccc5c(-c5ccc(-c6cccc7ccccc67)cc5)c5ccccc45)c3)c21. The maximum absolute atomic E-state index is 2.43. The van der Waals surface area contributed by atoms with E-state index in [2.05, 4.69) is 208 Å². The fraction of sp³-hybridized carbons (Fsp3) is 0.0545. The number of rotatable bonds is 4. The van der Waals surface area contributed by atoms with E-state index in [0.717, 1.165) is 0 Å². The van der Waals surface area contributed by atoms with Gasteiger partial charge < -0.3 is 0 Å². The zero-order chi connectivity index (χ0) is 36.7. The Morgan fingerprint density at radius 1 is 0.291 bits per heavy atom. The Labute approximate surface area is 322 Å². The number of fused-ring (bicyclic) bond motifs is 8. The Bertz CT molecular complexity index is 3100. The predicted molar refractivity (Wildman–Crippen MR) is 236 cm³/mol. The Balaban J connectivity index is 1.08. The molecule has 55 heavy (non-hydrogen) atoms. The van der Waals surface area contributed by atoms with Gasteiger partial charge in [0, 0.05) is 5.41 Å². The van der Waals surface area contributed by atoms with Gasteiger partial charge in [-0.05, 0) is 116 Å². The van der Waals surface area contributed by atoms with E-state index in [9.17, 15) is 0 Å². The number of hydrogen-bond acceptors (Lipinski definition) is 0. The lowest BCUT2D eigenvalue weighted by atomic mass is 9.78. The summed E-state index contributed by atoms with van der Waals surface area (Å²) in [4.78, 5) is 0.